The Bertz CT molecular complexity index is 1160. The summed E-state index contributed by atoms with van der Waals surface area (Å²) < 4.78 is 1.88. The Balaban J connectivity index is 1.53. The van der Waals surface area contributed by atoms with Crippen LogP contribution in [-0.2, 0) is 6.54 Å². The monoisotopic (exact) mass is 364 g/mol. The lowest BCUT2D eigenvalue weighted by molar-refractivity contribution is 0.473. The number of rotatable bonds is 4. The van der Waals surface area contributed by atoms with Gasteiger partial charge >= 0.3 is 0 Å². The Morgan fingerprint density at radius 2 is 1.54 bits per heavy atom. The van der Waals surface area contributed by atoms with Crippen molar-refractivity contribution < 1.29 is 0 Å². The van der Waals surface area contributed by atoms with Gasteiger partial charge in [0.15, 0.2) is 0 Å². The summed E-state index contributed by atoms with van der Waals surface area (Å²) in [4.78, 5) is 2.31. The lowest BCUT2D eigenvalue weighted by Crippen LogP contribution is -2.13. The highest BCUT2D eigenvalue weighted by atomic mass is 15.4. The zero-order valence-electron chi connectivity index (χ0n) is 15.4. The molecule has 1 aliphatic rings. The van der Waals surface area contributed by atoms with Crippen LogP contribution in [0.4, 0.5) is 0 Å². The molecule has 0 saturated heterocycles. The number of benzene rings is 3. The van der Waals surface area contributed by atoms with E-state index in [-0.39, 0.29) is 0 Å². The molecule has 0 atom stereocenters. The van der Waals surface area contributed by atoms with Gasteiger partial charge in [-0.1, -0.05) is 78.0 Å². The third kappa shape index (κ3) is 3.21. The van der Waals surface area contributed by atoms with Crippen molar-refractivity contribution in [3.63, 3.8) is 0 Å². The normalized spacial score (nSPS) is 15.4. The Morgan fingerprint density at radius 1 is 0.821 bits per heavy atom. The number of para-hydroxylation sites is 1. The fraction of sp³-hybridized carbons (Fsp3) is 0.0833. The van der Waals surface area contributed by atoms with Gasteiger partial charge in [-0.05, 0) is 28.8 Å². The Kier molecular flexibility index (Phi) is 4.22. The number of hydrogen-bond acceptors (Lipinski definition) is 3. The molecule has 0 aliphatic carbocycles. The lowest BCUT2D eigenvalue weighted by atomic mass is 10.1. The maximum absolute atomic E-state index is 4.34. The molecule has 28 heavy (non-hydrogen) atoms. The highest BCUT2D eigenvalue weighted by Gasteiger charge is 2.20. The second-order valence-electron chi connectivity index (χ2n) is 6.95. The molecule has 0 amide bonds. The Labute approximate surface area is 164 Å². The summed E-state index contributed by atoms with van der Waals surface area (Å²) in [5, 5.41) is 8.62. The molecule has 3 aromatic carbocycles. The third-order valence-corrected chi connectivity index (χ3v) is 5.04. The van der Waals surface area contributed by atoms with Crippen LogP contribution in [0.2, 0.25) is 0 Å². The zero-order valence-corrected chi connectivity index (χ0v) is 15.4. The second kappa shape index (κ2) is 7.16. The molecular weight excluding hydrogens is 344 g/mol. The summed E-state index contributed by atoms with van der Waals surface area (Å²) in [6.45, 7) is 0.829. The van der Waals surface area contributed by atoms with Crippen molar-refractivity contribution in [3.05, 3.63) is 108 Å². The van der Waals surface area contributed by atoms with Crippen LogP contribution in [0.5, 0.6) is 0 Å². The fourth-order valence-electron chi connectivity index (χ4n) is 3.61. The topological polar surface area (TPSA) is 34.0 Å². The molecule has 0 bridgehead atoms. The van der Waals surface area contributed by atoms with Crippen molar-refractivity contribution in [1.29, 1.82) is 0 Å². The van der Waals surface area contributed by atoms with Crippen molar-refractivity contribution in [1.82, 2.24) is 19.9 Å². The van der Waals surface area contributed by atoms with E-state index < -0.39 is 0 Å². The summed E-state index contributed by atoms with van der Waals surface area (Å²) in [7, 11) is 0. The maximum Gasteiger partial charge on any atom is 0.113 e. The standard InChI is InChI=1S/C24H20N4/c1-3-9-19(10-4-1)16-27-17-21(20-11-5-2-6-12-20)15-22(27)18-28-24-14-8-7-13-23(24)25-26-28/h1-14,17-18H,15-16H2. The van der Waals surface area contributed by atoms with E-state index in [1.807, 2.05) is 22.9 Å². The van der Waals surface area contributed by atoms with Gasteiger partial charge in [0.2, 0.25) is 0 Å². The van der Waals surface area contributed by atoms with E-state index >= 15 is 0 Å². The van der Waals surface area contributed by atoms with E-state index in [9.17, 15) is 0 Å². The minimum absolute atomic E-state index is 0.829. The zero-order chi connectivity index (χ0) is 18.8. The van der Waals surface area contributed by atoms with Gasteiger partial charge in [0.25, 0.3) is 0 Å². The molecule has 1 aromatic heterocycles. The average Bonchev–Trinajstić information content (AvgIpc) is 3.34. The van der Waals surface area contributed by atoms with Crippen LogP contribution >= 0.6 is 0 Å². The molecule has 0 saturated carbocycles. The molecule has 5 rings (SSSR count). The largest absolute Gasteiger partial charge is 0.345 e. The van der Waals surface area contributed by atoms with Gasteiger partial charge in [-0.15, -0.1) is 5.10 Å². The smallest absolute Gasteiger partial charge is 0.113 e. The van der Waals surface area contributed by atoms with Gasteiger partial charge in [-0.25, -0.2) is 4.68 Å². The van der Waals surface area contributed by atoms with Crippen LogP contribution in [0.25, 0.3) is 22.8 Å². The van der Waals surface area contributed by atoms with E-state index in [2.05, 4.69) is 94.3 Å². The van der Waals surface area contributed by atoms with Crippen molar-refractivity contribution in [3.8, 4) is 0 Å². The van der Waals surface area contributed by atoms with Crippen LogP contribution in [0.1, 0.15) is 17.5 Å². The maximum atomic E-state index is 4.34. The molecular formula is C24H20N4. The third-order valence-electron chi connectivity index (χ3n) is 5.04. The predicted octanol–water partition coefficient (Wildman–Crippen LogP) is 5.18. The minimum Gasteiger partial charge on any atom is -0.345 e. The van der Waals surface area contributed by atoms with Gasteiger partial charge in [-0.2, -0.15) is 0 Å². The quantitative estimate of drug-likeness (QED) is 0.500. The van der Waals surface area contributed by atoms with Crippen LogP contribution in [-0.4, -0.2) is 19.9 Å². The first-order valence-electron chi connectivity index (χ1n) is 9.44. The second-order valence-corrected chi connectivity index (χ2v) is 6.95. The van der Waals surface area contributed by atoms with Crippen molar-refractivity contribution in [2.75, 3.05) is 0 Å². The number of nitrogens with zero attached hydrogens (tertiary/aromatic N) is 4. The van der Waals surface area contributed by atoms with Gasteiger partial charge in [0.1, 0.15) is 5.52 Å². The summed E-state index contributed by atoms with van der Waals surface area (Å²) in [5.41, 5.74) is 6.98. The van der Waals surface area contributed by atoms with Crippen LogP contribution in [0, 0.1) is 0 Å². The first-order chi connectivity index (χ1) is 13.9. The van der Waals surface area contributed by atoms with E-state index in [1.54, 1.807) is 0 Å². The highest BCUT2D eigenvalue weighted by Crippen LogP contribution is 2.34. The van der Waals surface area contributed by atoms with Gasteiger partial charge in [-0.3, -0.25) is 0 Å². The molecule has 0 spiro atoms. The number of hydrogen-bond donors (Lipinski definition) is 0. The van der Waals surface area contributed by atoms with Crippen molar-refractivity contribution >= 4 is 22.8 Å². The van der Waals surface area contributed by atoms with Crippen molar-refractivity contribution in [2.45, 2.75) is 13.0 Å². The van der Waals surface area contributed by atoms with Gasteiger partial charge in [0, 0.05) is 24.9 Å². The summed E-state index contributed by atoms with van der Waals surface area (Å²) in [5.74, 6) is 0. The first-order valence-corrected chi connectivity index (χ1v) is 9.44. The van der Waals surface area contributed by atoms with Gasteiger partial charge in [0.05, 0.1) is 11.7 Å². The first kappa shape index (κ1) is 16.5. The van der Waals surface area contributed by atoms with Gasteiger partial charge < -0.3 is 4.90 Å². The molecule has 4 nitrogen and oxygen atoms in total. The number of fused-ring (bicyclic) bond motifs is 1. The van der Waals surface area contributed by atoms with Crippen molar-refractivity contribution in [2.24, 2.45) is 0 Å². The molecule has 1 aliphatic heterocycles. The van der Waals surface area contributed by atoms with Crippen LogP contribution in [0.3, 0.4) is 0 Å². The molecule has 0 N–H and O–H groups in total. The SMILES string of the molecule is C1=C(c2ccccc2)CC(=Cn2nnc3ccccc32)N1Cc1ccccc1. The minimum atomic E-state index is 0.829. The molecule has 0 radical (unpaired) electrons. The highest BCUT2D eigenvalue weighted by molar-refractivity contribution is 5.77. The Morgan fingerprint density at radius 3 is 2.36 bits per heavy atom. The molecule has 0 unspecified atom stereocenters. The number of aromatic nitrogens is 3. The van der Waals surface area contributed by atoms with Crippen LogP contribution < -0.4 is 0 Å². The Hall–Kier alpha value is -3.66. The van der Waals surface area contributed by atoms with E-state index in [1.165, 1.54) is 22.4 Å². The van der Waals surface area contributed by atoms with E-state index in [0.29, 0.717) is 0 Å². The van der Waals surface area contributed by atoms with E-state index in [4.69, 9.17) is 0 Å². The average molecular weight is 364 g/mol. The lowest BCUT2D eigenvalue weighted by Gasteiger charge is -2.18. The molecule has 4 heteroatoms. The predicted molar refractivity (Wildman–Crippen MR) is 113 cm³/mol. The molecule has 0 fully saturated rings. The molecule has 136 valence electrons. The number of allylic oxidation sites excluding steroid dienone is 1. The summed E-state index contributed by atoms with van der Waals surface area (Å²) in [6, 6.07) is 29.2. The van der Waals surface area contributed by atoms with Crippen LogP contribution in [0.15, 0.2) is 96.8 Å². The van der Waals surface area contributed by atoms with E-state index in [0.717, 1.165) is 24.0 Å². The molecule has 4 aromatic rings. The fourth-order valence-corrected chi connectivity index (χ4v) is 3.61. The summed E-state index contributed by atoms with van der Waals surface area (Å²) in [6.07, 6.45) is 5.23. The molecule has 2 heterocycles. The summed E-state index contributed by atoms with van der Waals surface area (Å²) >= 11 is 0.